The Bertz CT molecular complexity index is 1160. The summed E-state index contributed by atoms with van der Waals surface area (Å²) in [5.41, 5.74) is 2.00. The van der Waals surface area contributed by atoms with Crippen molar-refractivity contribution in [3.63, 3.8) is 0 Å². The molecule has 3 aliphatic rings. The van der Waals surface area contributed by atoms with Crippen molar-refractivity contribution in [1.82, 2.24) is 13.7 Å². The van der Waals surface area contributed by atoms with E-state index in [0.717, 1.165) is 35.8 Å². The number of nitrogens with zero attached hydrogens (tertiary/aromatic N) is 3. The van der Waals surface area contributed by atoms with Crippen molar-refractivity contribution in [3.8, 4) is 5.75 Å². The number of hydrogen-bond acceptors (Lipinski definition) is 7. The van der Waals surface area contributed by atoms with Crippen LogP contribution in [-0.4, -0.2) is 89.2 Å². The van der Waals surface area contributed by atoms with Crippen LogP contribution in [0.5, 0.6) is 5.75 Å². The molecule has 3 heterocycles. The molecule has 3 saturated heterocycles. The summed E-state index contributed by atoms with van der Waals surface area (Å²) in [6, 6.07) is 1.73. The van der Waals surface area contributed by atoms with Gasteiger partial charge in [-0.05, 0) is 108 Å². The summed E-state index contributed by atoms with van der Waals surface area (Å²) in [6.07, 6.45) is 5.98. The molecule has 0 saturated carbocycles. The van der Waals surface area contributed by atoms with Gasteiger partial charge in [0, 0.05) is 25.6 Å². The number of rotatable bonds is 10. The predicted octanol–water partition coefficient (Wildman–Crippen LogP) is 3.09. The second-order valence-corrected chi connectivity index (χ2v) is 14.8. The van der Waals surface area contributed by atoms with Crippen molar-refractivity contribution < 1.29 is 26.4 Å². The molecular formula is C26H43N3O6S2. The summed E-state index contributed by atoms with van der Waals surface area (Å²) < 4.78 is 61.0. The Morgan fingerprint density at radius 1 is 0.946 bits per heavy atom. The second kappa shape index (κ2) is 11.9. The molecule has 0 spiro atoms. The first kappa shape index (κ1) is 28.8. The quantitative estimate of drug-likeness (QED) is 0.436. The van der Waals surface area contributed by atoms with Crippen LogP contribution < -0.4 is 4.74 Å². The van der Waals surface area contributed by atoms with E-state index in [-0.39, 0.29) is 29.7 Å². The molecule has 0 aromatic heterocycles. The molecule has 1 aromatic carbocycles. The molecule has 37 heavy (non-hydrogen) atoms. The minimum absolute atomic E-state index is 0.0209. The Balaban J connectivity index is 1.28. The fourth-order valence-electron chi connectivity index (χ4n) is 5.87. The van der Waals surface area contributed by atoms with Crippen molar-refractivity contribution in [2.45, 2.75) is 64.2 Å². The average Bonchev–Trinajstić information content (AvgIpc) is 3.57. The van der Waals surface area contributed by atoms with E-state index in [9.17, 15) is 16.8 Å². The SMILES string of the molecule is COc1cc(C)c(S(=O)(=O)N2CC(CCS(=O)(=O)N3CCC(CCN4CCCC4)CC3)CO2)c(C)c1C. The number of ether oxygens (including phenoxy) is 1. The number of piperidine rings is 1. The van der Waals surface area contributed by atoms with Crippen LogP contribution in [0.25, 0.3) is 0 Å². The average molecular weight is 558 g/mol. The zero-order chi connectivity index (χ0) is 26.8. The highest BCUT2D eigenvalue weighted by Crippen LogP contribution is 2.34. The summed E-state index contributed by atoms with van der Waals surface area (Å²) >= 11 is 0. The molecule has 11 heteroatoms. The molecule has 0 aliphatic carbocycles. The lowest BCUT2D eigenvalue weighted by Gasteiger charge is -2.32. The Morgan fingerprint density at radius 2 is 1.62 bits per heavy atom. The molecule has 0 bridgehead atoms. The van der Waals surface area contributed by atoms with E-state index < -0.39 is 20.0 Å². The fraction of sp³-hybridized carbons (Fsp3) is 0.769. The molecule has 4 rings (SSSR count). The third-order valence-corrected chi connectivity index (χ3v) is 12.2. The highest BCUT2D eigenvalue weighted by molar-refractivity contribution is 7.89. The molecule has 3 fully saturated rings. The molecule has 210 valence electrons. The maximum Gasteiger partial charge on any atom is 0.265 e. The molecular weight excluding hydrogens is 514 g/mol. The van der Waals surface area contributed by atoms with Gasteiger partial charge in [-0.2, -0.15) is 0 Å². The summed E-state index contributed by atoms with van der Waals surface area (Å²) in [5, 5.41) is 0. The summed E-state index contributed by atoms with van der Waals surface area (Å²) in [6.45, 7) is 10.4. The Hall–Kier alpha value is -1.24. The van der Waals surface area contributed by atoms with Crippen LogP contribution in [0.3, 0.4) is 0 Å². The maximum absolute atomic E-state index is 13.4. The molecule has 1 atom stereocenters. The first-order chi connectivity index (χ1) is 17.5. The van der Waals surface area contributed by atoms with E-state index in [1.54, 1.807) is 31.3 Å². The van der Waals surface area contributed by atoms with Gasteiger partial charge in [0.25, 0.3) is 10.0 Å². The minimum atomic E-state index is -3.88. The van der Waals surface area contributed by atoms with Crippen molar-refractivity contribution in [1.29, 1.82) is 0 Å². The molecule has 1 aromatic rings. The molecule has 0 N–H and O–H groups in total. The van der Waals surface area contributed by atoms with E-state index in [2.05, 4.69) is 4.90 Å². The van der Waals surface area contributed by atoms with Crippen molar-refractivity contribution in [2.75, 3.05) is 58.7 Å². The van der Waals surface area contributed by atoms with E-state index in [1.165, 1.54) is 25.9 Å². The van der Waals surface area contributed by atoms with Gasteiger partial charge in [0.05, 0.1) is 24.4 Å². The second-order valence-electron chi connectivity index (χ2n) is 10.9. The van der Waals surface area contributed by atoms with Crippen molar-refractivity contribution in [2.24, 2.45) is 11.8 Å². The first-order valence-electron chi connectivity index (χ1n) is 13.5. The number of hydrogen-bond donors (Lipinski definition) is 0. The summed E-state index contributed by atoms with van der Waals surface area (Å²) in [5.74, 6) is 1.10. The molecule has 9 nitrogen and oxygen atoms in total. The van der Waals surface area contributed by atoms with E-state index in [0.29, 0.717) is 42.3 Å². The summed E-state index contributed by atoms with van der Waals surface area (Å²) in [7, 11) is -5.69. The number of methoxy groups -OCH3 is 1. The number of aryl methyl sites for hydroxylation is 1. The smallest absolute Gasteiger partial charge is 0.265 e. The van der Waals surface area contributed by atoms with Gasteiger partial charge in [-0.25, -0.2) is 21.1 Å². The van der Waals surface area contributed by atoms with E-state index >= 15 is 0 Å². The number of benzene rings is 1. The van der Waals surface area contributed by atoms with Crippen LogP contribution >= 0.6 is 0 Å². The molecule has 1 unspecified atom stereocenters. The highest BCUT2D eigenvalue weighted by atomic mass is 32.2. The van der Waals surface area contributed by atoms with Crippen molar-refractivity contribution in [3.05, 3.63) is 22.8 Å². The third kappa shape index (κ3) is 6.50. The Labute approximate surface area is 223 Å². The van der Waals surface area contributed by atoms with Crippen LogP contribution in [0.2, 0.25) is 0 Å². The Kier molecular flexibility index (Phi) is 9.23. The predicted molar refractivity (Wildman–Crippen MR) is 144 cm³/mol. The lowest BCUT2D eigenvalue weighted by molar-refractivity contribution is -0.0297. The van der Waals surface area contributed by atoms with E-state index in [1.807, 2.05) is 6.92 Å². The van der Waals surface area contributed by atoms with Gasteiger partial charge in [0.15, 0.2) is 0 Å². The van der Waals surface area contributed by atoms with Gasteiger partial charge in [0.1, 0.15) is 5.75 Å². The monoisotopic (exact) mass is 557 g/mol. The van der Waals surface area contributed by atoms with Crippen molar-refractivity contribution >= 4 is 20.0 Å². The fourth-order valence-corrected chi connectivity index (χ4v) is 9.34. The minimum Gasteiger partial charge on any atom is -0.496 e. The lowest BCUT2D eigenvalue weighted by atomic mass is 9.94. The van der Waals surface area contributed by atoms with Gasteiger partial charge >= 0.3 is 0 Å². The van der Waals surface area contributed by atoms with E-state index in [4.69, 9.17) is 9.57 Å². The van der Waals surface area contributed by atoms with Gasteiger partial charge in [-0.1, -0.05) is 4.47 Å². The number of likely N-dealkylation sites (tertiary alicyclic amines) is 1. The van der Waals surface area contributed by atoms with Crippen LogP contribution in [0.4, 0.5) is 0 Å². The van der Waals surface area contributed by atoms with Gasteiger partial charge in [0.2, 0.25) is 10.0 Å². The standard InChI is InChI=1S/C26H43N3O6S2/c1-20-17-25(34-4)21(2)22(3)26(20)37(32,33)29-18-24(19-35-29)10-16-36(30,31)28-14-8-23(9-15-28)7-13-27-11-5-6-12-27/h17,23-24H,5-16,18-19H2,1-4H3. The van der Waals surface area contributed by atoms with Gasteiger partial charge < -0.3 is 9.64 Å². The lowest BCUT2D eigenvalue weighted by Crippen LogP contribution is -2.40. The topological polar surface area (TPSA) is 96.5 Å². The Morgan fingerprint density at radius 3 is 2.27 bits per heavy atom. The zero-order valence-corrected chi connectivity index (χ0v) is 24.4. The molecule has 3 aliphatic heterocycles. The van der Waals surface area contributed by atoms with Crippen LogP contribution in [0.15, 0.2) is 11.0 Å². The van der Waals surface area contributed by atoms with Crippen LogP contribution in [0, 0.1) is 32.6 Å². The highest BCUT2D eigenvalue weighted by Gasteiger charge is 2.37. The number of hydroxylamine groups is 1. The van der Waals surface area contributed by atoms with Crippen LogP contribution in [0.1, 0.15) is 55.2 Å². The normalized spacial score (nSPS) is 23.2. The van der Waals surface area contributed by atoms with Gasteiger partial charge in [-0.15, -0.1) is 0 Å². The van der Waals surface area contributed by atoms with Crippen LogP contribution in [-0.2, 0) is 24.9 Å². The maximum atomic E-state index is 13.4. The zero-order valence-electron chi connectivity index (χ0n) is 22.7. The largest absolute Gasteiger partial charge is 0.496 e. The third-order valence-electron chi connectivity index (χ3n) is 8.39. The van der Waals surface area contributed by atoms with Gasteiger partial charge in [-0.3, -0.25) is 4.84 Å². The molecule has 0 radical (unpaired) electrons. The first-order valence-corrected chi connectivity index (χ1v) is 16.6. The summed E-state index contributed by atoms with van der Waals surface area (Å²) in [4.78, 5) is 8.34. The molecule has 0 amide bonds. The number of sulfonamides is 2.